The maximum atomic E-state index is 13.3. The highest BCUT2D eigenvalue weighted by molar-refractivity contribution is 6.33. The van der Waals surface area contributed by atoms with Gasteiger partial charge in [-0.05, 0) is 19.4 Å². The molecule has 0 radical (unpaired) electrons. The van der Waals surface area contributed by atoms with Gasteiger partial charge in [0.1, 0.15) is 5.82 Å². The Balaban J connectivity index is 2.47. The lowest BCUT2D eigenvalue weighted by molar-refractivity contribution is 0.147. The lowest BCUT2D eigenvalue weighted by Gasteiger charge is -2.09. The van der Waals surface area contributed by atoms with Gasteiger partial charge in [-0.3, -0.25) is 0 Å². The maximum Gasteiger partial charge on any atom is 0.150 e. The molecule has 0 fully saturated rings. The van der Waals surface area contributed by atoms with Crippen LogP contribution in [-0.4, -0.2) is 19.8 Å². The van der Waals surface area contributed by atoms with Crippen LogP contribution in [0, 0.1) is 11.6 Å². The molecular formula is C11H14ClF2NO. The molecule has 0 aliphatic rings. The van der Waals surface area contributed by atoms with Crippen LogP contribution in [-0.2, 0) is 4.74 Å². The molecule has 0 aromatic heterocycles. The van der Waals surface area contributed by atoms with E-state index in [1.165, 1.54) is 0 Å². The fourth-order valence-corrected chi connectivity index (χ4v) is 1.50. The van der Waals surface area contributed by atoms with Crippen LogP contribution in [0.15, 0.2) is 12.1 Å². The van der Waals surface area contributed by atoms with Gasteiger partial charge in [-0.2, -0.15) is 0 Å². The van der Waals surface area contributed by atoms with E-state index >= 15 is 0 Å². The Morgan fingerprint density at radius 3 is 2.75 bits per heavy atom. The molecule has 0 aliphatic heterocycles. The second-order valence-corrected chi connectivity index (χ2v) is 3.63. The Bertz CT molecular complexity index is 324. The third kappa shape index (κ3) is 3.94. The highest BCUT2D eigenvalue weighted by Crippen LogP contribution is 2.26. The Morgan fingerprint density at radius 2 is 2.12 bits per heavy atom. The van der Waals surface area contributed by atoms with Gasteiger partial charge in [0.15, 0.2) is 5.82 Å². The average Bonchev–Trinajstić information content (AvgIpc) is 2.20. The number of hydrogen-bond donors (Lipinski definition) is 1. The summed E-state index contributed by atoms with van der Waals surface area (Å²) in [7, 11) is 0. The number of ether oxygens (including phenoxy) is 1. The van der Waals surface area contributed by atoms with Gasteiger partial charge < -0.3 is 10.1 Å². The lowest BCUT2D eigenvalue weighted by atomic mass is 10.3. The lowest BCUT2D eigenvalue weighted by Crippen LogP contribution is -2.07. The molecule has 5 heteroatoms. The zero-order chi connectivity index (χ0) is 12.0. The molecule has 0 saturated heterocycles. The van der Waals surface area contributed by atoms with Crippen LogP contribution in [0.25, 0.3) is 0 Å². The van der Waals surface area contributed by atoms with E-state index in [9.17, 15) is 8.78 Å². The minimum absolute atomic E-state index is 0.0499. The maximum absolute atomic E-state index is 13.3. The molecule has 0 spiro atoms. The molecule has 0 atom stereocenters. The molecule has 2 nitrogen and oxygen atoms in total. The first-order valence-corrected chi connectivity index (χ1v) is 5.49. The summed E-state index contributed by atoms with van der Waals surface area (Å²) >= 11 is 5.70. The molecule has 0 amide bonds. The SMILES string of the molecule is CCOCCCNc1c(F)cc(F)cc1Cl. The van der Waals surface area contributed by atoms with Crippen molar-refractivity contribution in [3.05, 3.63) is 28.8 Å². The number of halogens is 3. The van der Waals surface area contributed by atoms with Crippen LogP contribution in [0.5, 0.6) is 0 Å². The van der Waals surface area contributed by atoms with E-state index in [4.69, 9.17) is 16.3 Å². The molecule has 0 heterocycles. The summed E-state index contributed by atoms with van der Waals surface area (Å²) < 4.78 is 31.1. The molecule has 1 rings (SSSR count). The fraction of sp³-hybridized carbons (Fsp3) is 0.455. The van der Waals surface area contributed by atoms with Crippen LogP contribution in [0.1, 0.15) is 13.3 Å². The largest absolute Gasteiger partial charge is 0.382 e. The van der Waals surface area contributed by atoms with E-state index in [1.54, 1.807) is 0 Å². The average molecular weight is 250 g/mol. The number of nitrogens with one attached hydrogen (secondary N) is 1. The minimum Gasteiger partial charge on any atom is -0.382 e. The monoisotopic (exact) mass is 249 g/mol. The number of hydrogen-bond acceptors (Lipinski definition) is 2. The van der Waals surface area contributed by atoms with Crippen LogP contribution < -0.4 is 5.32 Å². The summed E-state index contributed by atoms with van der Waals surface area (Å²) in [6.07, 6.45) is 0.737. The summed E-state index contributed by atoms with van der Waals surface area (Å²) in [6.45, 7) is 3.70. The predicted molar refractivity (Wildman–Crippen MR) is 61.0 cm³/mol. The highest BCUT2D eigenvalue weighted by Gasteiger charge is 2.08. The first-order chi connectivity index (χ1) is 7.65. The van der Waals surface area contributed by atoms with Crippen LogP contribution in [0.4, 0.5) is 14.5 Å². The van der Waals surface area contributed by atoms with Gasteiger partial charge in [0.2, 0.25) is 0 Å². The van der Waals surface area contributed by atoms with Gasteiger partial charge in [-0.15, -0.1) is 0 Å². The predicted octanol–water partition coefficient (Wildman–Crippen LogP) is 3.46. The van der Waals surface area contributed by atoms with Crippen molar-refractivity contribution in [1.82, 2.24) is 0 Å². The molecule has 1 N–H and O–H groups in total. The smallest absolute Gasteiger partial charge is 0.150 e. The number of benzene rings is 1. The second kappa shape index (κ2) is 6.66. The molecule has 0 unspecified atom stereocenters. The third-order valence-corrected chi connectivity index (χ3v) is 2.28. The zero-order valence-corrected chi connectivity index (χ0v) is 9.78. The molecule has 0 saturated carbocycles. The van der Waals surface area contributed by atoms with Crippen molar-refractivity contribution in [3.8, 4) is 0 Å². The molecule has 1 aromatic rings. The van der Waals surface area contributed by atoms with Gasteiger partial charge in [0.25, 0.3) is 0 Å². The highest BCUT2D eigenvalue weighted by atomic mass is 35.5. The summed E-state index contributed by atoms with van der Waals surface area (Å²) in [4.78, 5) is 0. The van der Waals surface area contributed by atoms with Crippen molar-refractivity contribution in [2.24, 2.45) is 0 Å². The third-order valence-electron chi connectivity index (χ3n) is 1.98. The zero-order valence-electron chi connectivity index (χ0n) is 9.03. The van der Waals surface area contributed by atoms with E-state index in [2.05, 4.69) is 5.32 Å². The minimum atomic E-state index is -0.679. The molecular weight excluding hydrogens is 236 g/mol. The van der Waals surface area contributed by atoms with Crippen LogP contribution >= 0.6 is 11.6 Å². The van der Waals surface area contributed by atoms with Gasteiger partial charge >= 0.3 is 0 Å². The topological polar surface area (TPSA) is 21.3 Å². The van der Waals surface area contributed by atoms with Crippen molar-refractivity contribution in [2.45, 2.75) is 13.3 Å². The summed E-state index contributed by atoms with van der Waals surface area (Å²) in [5.41, 5.74) is 0.138. The molecule has 16 heavy (non-hydrogen) atoms. The van der Waals surface area contributed by atoms with Gasteiger partial charge in [0.05, 0.1) is 10.7 Å². The molecule has 1 aromatic carbocycles. The number of anilines is 1. The first kappa shape index (κ1) is 13.2. The Labute approximate surface area is 98.6 Å². The Morgan fingerprint density at radius 1 is 1.38 bits per heavy atom. The second-order valence-electron chi connectivity index (χ2n) is 3.22. The van der Waals surface area contributed by atoms with Crippen molar-refractivity contribution in [1.29, 1.82) is 0 Å². The summed E-state index contributed by atoms with van der Waals surface area (Å²) in [5, 5.41) is 2.86. The summed E-state index contributed by atoms with van der Waals surface area (Å²) in [6, 6.07) is 1.88. The number of rotatable bonds is 6. The Hall–Kier alpha value is -0.870. The van der Waals surface area contributed by atoms with E-state index in [1.807, 2.05) is 6.92 Å². The van der Waals surface area contributed by atoms with Gasteiger partial charge in [-0.25, -0.2) is 8.78 Å². The summed E-state index contributed by atoms with van der Waals surface area (Å²) in [5.74, 6) is -1.36. The van der Waals surface area contributed by atoms with Crippen molar-refractivity contribution in [2.75, 3.05) is 25.1 Å². The molecule has 0 aliphatic carbocycles. The fourth-order valence-electron chi connectivity index (χ4n) is 1.24. The normalized spacial score (nSPS) is 10.5. The standard InChI is InChI=1S/C11H14ClF2NO/c1-2-16-5-3-4-15-11-9(12)6-8(13)7-10(11)14/h6-7,15H,2-5H2,1H3. The van der Waals surface area contributed by atoms with Crippen molar-refractivity contribution >= 4 is 17.3 Å². The van der Waals surface area contributed by atoms with E-state index in [0.29, 0.717) is 19.8 Å². The van der Waals surface area contributed by atoms with E-state index in [-0.39, 0.29) is 10.7 Å². The van der Waals surface area contributed by atoms with Crippen molar-refractivity contribution < 1.29 is 13.5 Å². The van der Waals surface area contributed by atoms with Crippen molar-refractivity contribution in [3.63, 3.8) is 0 Å². The van der Waals surface area contributed by atoms with Gasteiger partial charge in [-0.1, -0.05) is 11.6 Å². The molecule has 90 valence electrons. The quantitative estimate of drug-likeness (QED) is 0.780. The van der Waals surface area contributed by atoms with Crippen LogP contribution in [0.2, 0.25) is 5.02 Å². The van der Waals surface area contributed by atoms with E-state index < -0.39 is 11.6 Å². The van der Waals surface area contributed by atoms with Gasteiger partial charge in [0, 0.05) is 25.8 Å². The molecule has 0 bridgehead atoms. The van der Waals surface area contributed by atoms with Crippen LogP contribution in [0.3, 0.4) is 0 Å². The van der Waals surface area contributed by atoms with E-state index in [0.717, 1.165) is 18.6 Å². The first-order valence-electron chi connectivity index (χ1n) is 5.11. The Kier molecular flexibility index (Phi) is 5.49.